The monoisotopic (exact) mass is 345 g/mol. The van der Waals surface area contributed by atoms with Crippen molar-refractivity contribution in [1.82, 2.24) is 4.98 Å². The van der Waals surface area contributed by atoms with E-state index in [0.29, 0.717) is 33.2 Å². The minimum atomic E-state index is 0.161. The fraction of sp³-hybridized carbons (Fsp3) is 0.111. The van der Waals surface area contributed by atoms with Crippen LogP contribution in [0.4, 0.5) is 0 Å². The summed E-state index contributed by atoms with van der Waals surface area (Å²) in [5, 5.41) is 1.77. The van der Waals surface area contributed by atoms with Crippen LogP contribution in [-0.4, -0.2) is 11.3 Å². The molecule has 2 aromatic carbocycles. The van der Waals surface area contributed by atoms with Crippen molar-refractivity contribution in [3.8, 4) is 5.75 Å². The summed E-state index contributed by atoms with van der Waals surface area (Å²) < 4.78 is 5.87. The number of pyridine rings is 1. The predicted octanol–water partition coefficient (Wildman–Crippen LogP) is 5.24. The van der Waals surface area contributed by atoms with Crippen molar-refractivity contribution in [2.24, 2.45) is 0 Å². The molecule has 0 atom stereocenters. The Labute approximate surface area is 143 Å². The van der Waals surface area contributed by atoms with E-state index in [4.69, 9.17) is 27.9 Å². The lowest BCUT2D eigenvalue weighted by molar-refractivity contribution is 0.112. The highest BCUT2D eigenvalue weighted by molar-refractivity contribution is 6.37. The average Bonchev–Trinajstić information content (AvgIpc) is 2.55. The molecule has 5 heteroatoms. The first-order valence-corrected chi connectivity index (χ1v) is 7.77. The Morgan fingerprint density at radius 2 is 1.96 bits per heavy atom. The van der Waals surface area contributed by atoms with Crippen LogP contribution in [0.25, 0.3) is 10.9 Å². The van der Waals surface area contributed by atoms with Gasteiger partial charge in [-0.3, -0.25) is 4.79 Å². The number of hydrogen-bond acceptors (Lipinski definition) is 3. The molecular formula is C18H13Cl2NO2. The van der Waals surface area contributed by atoms with E-state index in [0.717, 1.165) is 16.6 Å². The van der Waals surface area contributed by atoms with E-state index in [9.17, 15) is 4.79 Å². The summed E-state index contributed by atoms with van der Waals surface area (Å²) in [5.41, 5.74) is 2.67. The Morgan fingerprint density at radius 1 is 1.13 bits per heavy atom. The highest BCUT2D eigenvalue weighted by Crippen LogP contribution is 2.30. The first-order valence-electron chi connectivity index (χ1n) is 7.01. The van der Waals surface area contributed by atoms with E-state index in [1.165, 1.54) is 0 Å². The minimum Gasteiger partial charge on any atom is -0.487 e. The number of hydrogen-bond donors (Lipinski definition) is 0. The first-order chi connectivity index (χ1) is 11.1. The number of nitrogens with zero attached hydrogens (tertiary/aromatic N) is 1. The van der Waals surface area contributed by atoms with E-state index in [1.807, 2.05) is 37.3 Å². The van der Waals surface area contributed by atoms with Crippen molar-refractivity contribution in [3.63, 3.8) is 0 Å². The molecule has 23 heavy (non-hydrogen) atoms. The Kier molecular flexibility index (Phi) is 4.51. The Balaban J connectivity index is 1.96. The van der Waals surface area contributed by atoms with Crippen LogP contribution in [-0.2, 0) is 6.61 Å². The van der Waals surface area contributed by atoms with Gasteiger partial charge in [-0.1, -0.05) is 41.4 Å². The predicted molar refractivity (Wildman–Crippen MR) is 92.7 cm³/mol. The third kappa shape index (κ3) is 3.16. The lowest BCUT2D eigenvalue weighted by atomic mass is 10.1. The van der Waals surface area contributed by atoms with Crippen molar-refractivity contribution in [2.45, 2.75) is 13.5 Å². The molecule has 0 unspecified atom stereocenters. The second-order valence-electron chi connectivity index (χ2n) is 5.12. The summed E-state index contributed by atoms with van der Waals surface area (Å²) in [6.07, 6.45) is 0.699. The number of aryl methyl sites for hydroxylation is 1. The number of fused-ring (bicyclic) bond motifs is 1. The van der Waals surface area contributed by atoms with Gasteiger partial charge < -0.3 is 4.74 Å². The summed E-state index contributed by atoms with van der Waals surface area (Å²) in [6, 6.07) is 12.9. The average molecular weight is 346 g/mol. The van der Waals surface area contributed by atoms with Crippen LogP contribution in [0, 0.1) is 6.92 Å². The number of aldehydes is 1. The molecule has 0 amide bonds. The van der Waals surface area contributed by atoms with Crippen molar-refractivity contribution < 1.29 is 9.53 Å². The van der Waals surface area contributed by atoms with Gasteiger partial charge in [-0.05, 0) is 31.2 Å². The molecule has 1 aromatic heterocycles. The van der Waals surface area contributed by atoms with Crippen LogP contribution in [0.1, 0.15) is 21.6 Å². The van der Waals surface area contributed by atoms with Gasteiger partial charge in [0.25, 0.3) is 0 Å². The third-order valence-electron chi connectivity index (χ3n) is 3.54. The van der Waals surface area contributed by atoms with E-state index >= 15 is 0 Å². The largest absolute Gasteiger partial charge is 0.487 e. The molecular weight excluding hydrogens is 333 g/mol. The normalized spacial score (nSPS) is 10.7. The maximum Gasteiger partial charge on any atom is 0.151 e. The molecule has 0 bridgehead atoms. The van der Waals surface area contributed by atoms with E-state index in [1.54, 1.807) is 12.1 Å². The second kappa shape index (κ2) is 6.57. The molecule has 1 heterocycles. The molecule has 0 aliphatic carbocycles. The number of carbonyl (C=O) groups excluding carboxylic acids is 1. The molecule has 116 valence electrons. The van der Waals surface area contributed by atoms with Crippen molar-refractivity contribution >= 4 is 40.4 Å². The highest BCUT2D eigenvalue weighted by atomic mass is 35.5. The standard InChI is InChI=1S/C18H13Cl2NO2/c1-11-5-6-12-3-2-4-16(18(12)21-11)23-10-14-15(19)8-7-13(9-22)17(14)20/h2-9H,10H2,1H3. The summed E-state index contributed by atoms with van der Waals surface area (Å²) in [6.45, 7) is 2.09. The Morgan fingerprint density at radius 3 is 2.74 bits per heavy atom. The SMILES string of the molecule is Cc1ccc2cccc(OCc3c(Cl)ccc(C=O)c3Cl)c2n1. The van der Waals surface area contributed by atoms with Gasteiger partial charge in [-0.15, -0.1) is 0 Å². The maximum atomic E-state index is 11.0. The van der Waals surface area contributed by atoms with Crippen molar-refractivity contribution in [2.75, 3.05) is 0 Å². The molecule has 0 aliphatic heterocycles. The van der Waals surface area contributed by atoms with Crippen LogP contribution in [0.5, 0.6) is 5.75 Å². The zero-order valence-corrected chi connectivity index (χ0v) is 13.9. The van der Waals surface area contributed by atoms with Gasteiger partial charge in [-0.25, -0.2) is 4.98 Å². The van der Waals surface area contributed by atoms with E-state index in [-0.39, 0.29) is 6.61 Å². The van der Waals surface area contributed by atoms with Crippen molar-refractivity contribution in [1.29, 1.82) is 0 Å². The topological polar surface area (TPSA) is 39.2 Å². The van der Waals surface area contributed by atoms with Crippen LogP contribution in [0.3, 0.4) is 0 Å². The summed E-state index contributed by atoms with van der Waals surface area (Å²) in [7, 11) is 0. The first kappa shape index (κ1) is 15.8. The number of rotatable bonds is 4. The number of benzene rings is 2. The van der Waals surface area contributed by atoms with Crippen LogP contribution < -0.4 is 4.74 Å². The zero-order valence-electron chi connectivity index (χ0n) is 12.3. The second-order valence-corrected chi connectivity index (χ2v) is 5.90. The molecule has 0 radical (unpaired) electrons. The van der Waals surface area contributed by atoms with Crippen LogP contribution in [0.15, 0.2) is 42.5 Å². The Bertz CT molecular complexity index is 894. The molecule has 0 N–H and O–H groups in total. The summed E-state index contributed by atoms with van der Waals surface area (Å²) >= 11 is 12.4. The van der Waals surface area contributed by atoms with Gasteiger partial charge in [0.1, 0.15) is 17.9 Å². The van der Waals surface area contributed by atoms with Gasteiger partial charge in [0.2, 0.25) is 0 Å². The molecule has 0 spiro atoms. The molecule has 0 saturated carbocycles. The fourth-order valence-corrected chi connectivity index (χ4v) is 2.85. The lowest BCUT2D eigenvalue weighted by Gasteiger charge is -2.12. The van der Waals surface area contributed by atoms with Gasteiger partial charge in [0.15, 0.2) is 6.29 Å². The number of aromatic nitrogens is 1. The van der Waals surface area contributed by atoms with Crippen molar-refractivity contribution in [3.05, 3.63) is 69.3 Å². The number of ether oxygens (including phenoxy) is 1. The Hall–Kier alpha value is -2.10. The molecule has 3 rings (SSSR count). The quantitative estimate of drug-likeness (QED) is 0.607. The van der Waals surface area contributed by atoms with Crippen LogP contribution >= 0.6 is 23.2 Å². The maximum absolute atomic E-state index is 11.0. The lowest BCUT2D eigenvalue weighted by Crippen LogP contribution is -2.00. The van der Waals surface area contributed by atoms with E-state index in [2.05, 4.69) is 4.98 Å². The van der Waals surface area contributed by atoms with Gasteiger partial charge >= 0.3 is 0 Å². The van der Waals surface area contributed by atoms with Gasteiger partial charge in [-0.2, -0.15) is 0 Å². The highest BCUT2D eigenvalue weighted by Gasteiger charge is 2.12. The minimum absolute atomic E-state index is 0.161. The molecule has 3 nitrogen and oxygen atoms in total. The summed E-state index contributed by atoms with van der Waals surface area (Å²) in [5.74, 6) is 0.648. The smallest absolute Gasteiger partial charge is 0.151 e. The number of halogens is 2. The number of para-hydroxylation sites is 1. The fourth-order valence-electron chi connectivity index (χ4n) is 2.32. The summed E-state index contributed by atoms with van der Waals surface area (Å²) in [4.78, 5) is 15.5. The van der Waals surface area contributed by atoms with E-state index < -0.39 is 0 Å². The number of carbonyl (C=O) groups is 1. The third-order valence-corrected chi connectivity index (χ3v) is 4.34. The molecule has 3 aromatic rings. The molecule has 0 saturated heterocycles. The molecule has 0 aliphatic rings. The zero-order chi connectivity index (χ0) is 16.4. The van der Waals surface area contributed by atoms with Gasteiger partial charge in [0, 0.05) is 27.2 Å². The molecule has 0 fully saturated rings. The van der Waals surface area contributed by atoms with Gasteiger partial charge in [0.05, 0.1) is 5.02 Å². The van der Waals surface area contributed by atoms with Crippen LogP contribution in [0.2, 0.25) is 10.0 Å².